The van der Waals surface area contributed by atoms with Gasteiger partial charge in [0.2, 0.25) is 0 Å². The zero-order chi connectivity index (χ0) is 33.5. The summed E-state index contributed by atoms with van der Waals surface area (Å²) in [5.74, 6) is 0. The Labute approximate surface area is 294 Å². The Balaban J connectivity index is 1.26. The van der Waals surface area contributed by atoms with Gasteiger partial charge in [0.15, 0.2) is 0 Å². The van der Waals surface area contributed by atoms with Crippen LogP contribution in [-0.2, 0) is 0 Å². The van der Waals surface area contributed by atoms with E-state index >= 15 is 0 Å². The van der Waals surface area contributed by atoms with Gasteiger partial charge < -0.3 is 4.42 Å². The van der Waals surface area contributed by atoms with Gasteiger partial charge in [0.05, 0.1) is 0 Å². The number of hydrogen-bond acceptors (Lipinski definition) is 1. The van der Waals surface area contributed by atoms with Crippen molar-refractivity contribution in [2.75, 3.05) is 0 Å². The van der Waals surface area contributed by atoms with Crippen molar-refractivity contribution in [2.45, 2.75) is 0 Å². The van der Waals surface area contributed by atoms with Crippen molar-refractivity contribution in [3.05, 3.63) is 182 Å². The van der Waals surface area contributed by atoms with Crippen LogP contribution in [0, 0.1) is 0 Å². The Morgan fingerprint density at radius 2 is 0.863 bits per heavy atom. The predicted octanol–water partition coefficient (Wildman–Crippen LogP) is 14.4. The van der Waals surface area contributed by atoms with Gasteiger partial charge in [0.1, 0.15) is 11.2 Å². The van der Waals surface area contributed by atoms with Crippen molar-refractivity contribution in [3.63, 3.8) is 0 Å². The SMILES string of the molecule is c1ccc(-c2ccc3c(-c4c5ccccc5c(-c5cccc6oc7cc8ccccc8cc7c56)c5ccccc45)cc4ccccc4c3c2)cc1. The lowest BCUT2D eigenvalue weighted by Crippen LogP contribution is -1.93. The second kappa shape index (κ2) is 10.9. The van der Waals surface area contributed by atoms with E-state index in [4.69, 9.17) is 4.42 Å². The first kappa shape index (κ1) is 28.2. The lowest BCUT2D eigenvalue weighted by molar-refractivity contribution is 0.669. The number of furan rings is 1. The van der Waals surface area contributed by atoms with Crippen LogP contribution in [0.2, 0.25) is 0 Å². The van der Waals surface area contributed by atoms with Crippen LogP contribution in [0.5, 0.6) is 0 Å². The smallest absolute Gasteiger partial charge is 0.136 e. The predicted molar refractivity (Wildman–Crippen MR) is 218 cm³/mol. The van der Waals surface area contributed by atoms with Crippen molar-refractivity contribution >= 4 is 75.8 Å². The molecule has 0 aliphatic heterocycles. The van der Waals surface area contributed by atoms with Crippen molar-refractivity contribution in [2.24, 2.45) is 0 Å². The Morgan fingerprint density at radius 1 is 0.275 bits per heavy atom. The molecule has 1 aromatic heterocycles. The van der Waals surface area contributed by atoms with E-state index in [0.717, 1.165) is 21.9 Å². The maximum absolute atomic E-state index is 6.57. The van der Waals surface area contributed by atoms with Crippen molar-refractivity contribution in [1.82, 2.24) is 0 Å². The monoisotopic (exact) mass is 646 g/mol. The first-order chi connectivity index (χ1) is 25.3. The summed E-state index contributed by atoms with van der Waals surface area (Å²) < 4.78 is 6.57. The summed E-state index contributed by atoms with van der Waals surface area (Å²) >= 11 is 0. The highest BCUT2D eigenvalue weighted by molar-refractivity contribution is 6.28. The third-order valence-corrected chi connectivity index (χ3v) is 10.8. The lowest BCUT2D eigenvalue weighted by atomic mass is 9.83. The summed E-state index contributed by atoms with van der Waals surface area (Å²) in [6.07, 6.45) is 0. The molecule has 0 saturated carbocycles. The number of hydrogen-bond donors (Lipinski definition) is 0. The molecular weight excluding hydrogens is 617 g/mol. The minimum Gasteiger partial charge on any atom is -0.456 e. The quantitative estimate of drug-likeness (QED) is 0.138. The molecule has 51 heavy (non-hydrogen) atoms. The molecule has 0 N–H and O–H groups in total. The topological polar surface area (TPSA) is 13.1 Å². The average Bonchev–Trinajstić information content (AvgIpc) is 3.56. The van der Waals surface area contributed by atoms with E-state index in [1.807, 2.05) is 0 Å². The van der Waals surface area contributed by atoms with Crippen LogP contribution in [0.1, 0.15) is 0 Å². The summed E-state index contributed by atoms with van der Waals surface area (Å²) in [5, 5.41) is 14.7. The highest BCUT2D eigenvalue weighted by Crippen LogP contribution is 2.49. The molecule has 1 nitrogen and oxygen atoms in total. The highest BCUT2D eigenvalue weighted by atomic mass is 16.3. The molecule has 0 radical (unpaired) electrons. The molecule has 0 fully saturated rings. The van der Waals surface area contributed by atoms with E-state index < -0.39 is 0 Å². The molecule has 0 bridgehead atoms. The summed E-state index contributed by atoms with van der Waals surface area (Å²) in [7, 11) is 0. The second-order valence-corrected chi connectivity index (χ2v) is 13.6. The molecule has 236 valence electrons. The van der Waals surface area contributed by atoms with Crippen molar-refractivity contribution in [3.8, 4) is 33.4 Å². The van der Waals surface area contributed by atoms with Gasteiger partial charge in [-0.25, -0.2) is 0 Å². The lowest BCUT2D eigenvalue weighted by Gasteiger charge is -2.20. The van der Waals surface area contributed by atoms with Crippen LogP contribution in [0.4, 0.5) is 0 Å². The van der Waals surface area contributed by atoms with Gasteiger partial charge in [-0.2, -0.15) is 0 Å². The molecule has 0 unspecified atom stereocenters. The normalized spacial score (nSPS) is 11.9. The number of rotatable bonds is 3. The van der Waals surface area contributed by atoms with Crippen LogP contribution in [0.15, 0.2) is 186 Å². The van der Waals surface area contributed by atoms with E-state index in [2.05, 4.69) is 182 Å². The maximum Gasteiger partial charge on any atom is 0.136 e. The summed E-state index contributed by atoms with van der Waals surface area (Å²) in [6.45, 7) is 0. The fraction of sp³-hybridized carbons (Fsp3) is 0. The highest BCUT2D eigenvalue weighted by Gasteiger charge is 2.22. The molecule has 0 aliphatic rings. The first-order valence-electron chi connectivity index (χ1n) is 17.6. The van der Waals surface area contributed by atoms with Crippen LogP contribution >= 0.6 is 0 Å². The molecule has 10 aromatic carbocycles. The summed E-state index contributed by atoms with van der Waals surface area (Å²) in [4.78, 5) is 0. The van der Waals surface area contributed by atoms with E-state index in [1.165, 1.54) is 87.2 Å². The first-order valence-corrected chi connectivity index (χ1v) is 17.6. The Hall–Kier alpha value is -6.70. The van der Waals surface area contributed by atoms with Gasteiger partial charge in [-0.05, 0) is 118 Å². The molecule has 0 aliphatic carbocycles. The average molecular weight is 647 g/mol. The van der Waals surface area contributed by atoms with Gasteiger partial charge in [-0.1, -0.05) is 152 Å². The minimum absolute atomic E-state index is 0.907. The third kappa shape index (κ3) is 4.22. The molecule has 1 heteroatoms. The van der Waals surface area contributed by atoms with Crippen LogP contribution in [-0.4, -0.2) is 0 Å². The largest absolute Gasteiger partial charge is 0.456 e. The Kier molecular flexibility index (Phi) is 6.02. The van der Waals surface area contributed by atoms with Crippen LogP contribution < -0.4 is 0 Å². The molecule has 1 heterocycles. The summed E-state index contributed by atoms with van der Waals surface area (Å²) in [5.41, 5.74) is 9.22. The fourth-order valence-corrected chi connectivity index (χ4v) is 8.55. The molecule has 11 rings (SSSR count). The van der Waals surface area contributed by atoms with E-state index in [1.54, 1.807) is 0 Å². The van der Waals surface area contributed by atoms with Crippen molar-refractivity contribution in [1.29, 1.82) is 0 Å². The van der Waals surface area contributed by atoms with Crippen molar-refractivity contribution < 1.29 is 4.42 Å². The second-order valence-electron chi connectivity index (χ2n) is 13.6. The Morgan fingerprint density at radius 3 is 1.57 bits per heavy atom. The van der Waals surface area contributed by atoms with Crippen LogP contribution in [0.25, 0.3) is 109 Å². The van der Waals surface area contributed by atoms with Gasteiger partial charge in [-0.15, -0.1) is 0 Å². The van der Waals surface area contributed by atoms with Gasteiger partial charge in [0.25, 0.3) is 0 Å². The molecule has 0 saturated heterocycles. The molecular formula is C50H30O. The molecule has 0 atom stereocenters. The maximum atomic E-state index is 6.57. The van der Waals surface area contributed by atoms with Gasteiger partial charge in [-0.3, -0.25) is 0 Å². The number of fused-ring (bicyclic) bond motifs is 9. The van der Waals surface area contributed by atoms with Gasteiger partial charge in [0, 0.05) is 10.8 Å². The van der Waals surface area contributed by atoms with E-state index in [0.29, 0.717) is 0 Å². The van der Waals surface area contributed by atoms with Crippen LogP contribution in [0.3, 0.4) is 0 Å². The summed E-state index contributed by atoms with van der Waals surface area (Å²) in [6, 6.07) is 66.4. The minimum atomic E-state index is 0.907. The zero-order valence-corrected chi connectivity index (χ0v) is 27.7. The standard InChI is InChI=1S/C50H30O/c1-2-13-31(14-3-1)34-25-26-37-43(27-34)36-18-7-6-17-35(36)29-44(37)49-40-21-10-8-19-38(40)48(39-20-9-11-22-41(39)49)42-23-12-24-46-50(42)45-28-32-15-4-5-16-33(32)30-47(45)51-46/h1-30H. The number of benzene rings is 10. The van der Waals surface area contributed by atoms with E-state index in [-0.39, 0.29) is 0 Å². The third-order valence-electron chi connectivity index (χ3n) is 10.8. The fourth-order valence-electron chi connectivity index (χ4n) is 8.55. The Bertz CT molecular complexity index is 3130. The molecule has 0 spiro atoms. The molecule has 0 amide bonds. The zero-order valence-electron chi connectivity index (χ0n) is 27.7. The van der Waals surface area contributed by atoms with Gasteiger partial charge >= 0.3 is 0 Å². The van der Waals surface area contributed by atoms with E-state index in [9.17, 15) is 0 Å². The molecule has 11 aromatic rings.